The van der Waals surface area contributed by atoms with E-state index in [1.807, 2.05) is 0 Å². The highest BCUT2D eigenvalue weighted by molar-refractivity contribution is 6.04. The minimum atomic E-state index is -4.43. The van der Waals surface area contributed by atoms with Crippen molar-refractivity contribution in [2.45, 2.75) is 19.0 Å². The molecule has 0 aromatic heterocycles. The fourth-order valence-electron chi connectivity index (χ4n) is 2.48. The molecular formula is C17H13F3N2O2. The molecule has 0 fully saturated rings. The van der Waals surface area contributed by atoms with Gasteiger partial charge in [0.1, 0.15) is 0 Å². The first-order valence-corrected chi connectivity index (χ1v) is 7.24. The molecule has 2 aromatic rings. The average Bonchev–Trinajstić information content (AvgIpc) is 2.54. The van der Waals surface area contributed by atoms with E-state index in [9.17, 15) is 22.8 Å². The van der Waals surface area contributed by atoms with E-state index in [2.05, 4.69) is 10.6 Å². The van der Waals surface area contributed by atoms with Gasteiger partial charge in [0.25, 0.3) is 5.91 Å². The van der Waals surface area contributed by atoms with Gasteiger partial charge in [0.2, 0.25) is 5.91 Å². The fraction of sp³-hybridized carbons (Fsp3) is 0.176. The minimum Gasteiger partial charge on any atom is -0.326 e. The molecule has 7 heteroatoms. The third-order valence-corrected chi connectivity index (χ3v) is 3.73. The van der Waals surface area contributed by atoms with Crippen LogP contribution in [-0.4, -0.2) is 11.8 Å². The lowest BCUT2D eigenvalue weighted by atomic mass is 10.0. The zero-order valence-corrected chi connectivity index (χ0v) is 12.4. The summed E-state index contributed by atoms with van der Waals surface area (Å²) in [6, 6.07) is 9.08. The Balaban J connectivity index is 1.74. The number of halogens is 3. The monoisotopic (exact) mass is 334 g/mol. The Kier molecular flexibility index (Phi) is 4.01. The van der Waals surface area contributed by atoms with E-state index < -0.39 is 17.6 Å². The van der Waals surface area contributed by atoms with Crippen molar-refractivity contribution in [1.82, 2.24) is 0 Å². The lowest BCUT2D eigenvalue weighted by Gasteiger charge is -2.17. The van der Waals surface area contributed by atoms with E-state index in [-0.39, 0.29) is 11.5 Å². The van der Waals surface area contributed by atoms with Crippen LogP contribution in [0.4, 0.5) is 24.5 Å². The third kappa shape index (κ3) is 3.40. The van der Waals surface area contributed by atoms with Crippen molar-refractivity contribution in [3.05, 3.63) is 59.2 Å². The number of benzene rings is 2. The number of fused-ring (bicyclic) bond motifs is 1. The Hall–Kier alpha value is -2.83. The molecule has 1 aliphatic heterocycles. The molecule has 0 spiro atoms. The van der Waals surface area contributed by atoms with Gasteiger partial charge in [-0.3, -0.25) is 9.59 Å². The summed E-state index contributed by atoms with van der Waals surface area (Å²) in [6.45, 7) is 0. The molecule has 0 saturated carbocycles. The molecular weight excluding hydrogens is 321 g/mol. The molecule has 2 N–H and O–H groups in total. The first-order chi connectivity index (χ1) is 11.3. The Morgan fingerprint density at radius 1 is 1.04 bits per heavy atom. The van der Waals surface area contributed by atoms with Crippen LogP contribution >= 0.6 is 0 Å². The van der Waals surface area contributed by atoms with E-state index in [1.54, 1.807) is 18.2 Å². The Morgan fingerprint density at radius 2 is 1.75 bits per heavy atom. The van der Waals surface area contributed by atoms with Crippen LogP contribution in [-0.2, 0) is 17.4 Å². The summed E-state index contributed by atoms with van der Waals surface area (Å²) >= 11 is 0. The molecule has 0 aliphatic carbocycles. The molecule has 1 heterocycles. The van der Waals surface area contributed by atoms with Gasteiger partial charge in [-0.2, -0.15) is 13.2 Å². The molecule has 4 nitrogen and oxygen atoms in total. The van der Waals surface area contributed by atoms with E-state index in [4.69, 9.17) is 0 Å². The van der Waals surface area contributed by atoms with Crippen LogP contribution in [0.1, 0.15) is 27.9 Å². The van der Waals surface area contributed by atoms with E-state index in [1.165, 1.54) is 0 Å². The second-order valence-corrected chi connectivity index (χ2v) is 5.45. The minimum absolute atomic E-state index is 0.0518. The Labute approximate surface area is 135 Å². The zero-order chi connectivity index (χ0) is 17.3. The van der Waals surface area contributed by atoms with Gasteiger partial charge in [-0.05, 0) is 54.4 Å². The highest BCUT2D eigenvalue weighted by Crippen LogP contribution is 2.29. The van der Waals surface area contributed by atoms with E-state index in [0.29, 0.717) is 24.2 Å². The largest absolute Gasteiger partial charge is 0.416 e. The summed E-state index contributed by atoms with van der Waals surface area (Å²) in [5, 5.41) is 5.38. The molecule has 124 valence electrons. The van der Waals surface area contributed by atoms with Crippen molar-refractivity contribution in [3.63, 3.8) is 0 Å². The van der Waals surface area contributed by atoms with Gasteiger partial charge in [0.15, 0.2) is 0 Å². The highest BCUT2D eigenvalue weighted by Gasteiger charge is 2.30. The first-order valence-electron chi connectivity index (χ1n) is 7.24. The smallest absolute Gasteiger partial charge is 0.326 e. The molecule has 0 saturated heterocycles. The predicted molar refractivity (Wildman–Crippen MR) is 82.8 cm³/mol. The third-order valence-electron chi connectivity index (χ3n) is 3.73. The molecule has 0 bridgehead atoms. The molecule has 0 radical (unpaired) electrons. The summed E-state index contributed by atoms with van der Waals surface area (Å²) in [5.41, 5.74) is 1.46. The average molecular weight is 334 g/mol. The topological polar surface area (TPSA) is 58.2 Å². The van der Waals surface area contributed by atoms with Crippen molar-refractivity contribution in [3.8, 4) is 0 Å². The molecule has 2 amide bonds. The number of hydrogen-bond acceptors (Lipinski definition) is 2. The number of alkyl halides is 3. The second kappa shape index (κ2) is 5.99. The number of carbonyl (C=O) groups excluding carboxylic acids is 2. The zero-order valence-electron chi connectivity index (χ0n) is 12.4. The number of carbonyl (C=O) groups is 2. The lowest BCUT2D eigenvalue weighted by Crippen LogP contribution is -2.19. The number of rotatable bonds is 2. The SMILES string of the molecule is O=C1CCc2cc(NC(=O)c3ccc(C(F)(F)F)cc3)ccc2N1. The van der Waals surface area contributed by atoms with Crippen molar-refractivity contribution < 1.29 is 22.8 Å². The predicted octanol–water partition coefficient (Wildman–Crippen LogP) is 3.84. The molecule has 1 aliphatic rings. The molecule has 24 heavy (non-hydrogen) atoms. The van der Waals surface area contributed by atoms with Crippen LogP contribution in [0.15, 0.2) is 42.5 Å². The van der Waals surface area contributed by atoms with Gasteiger partial charge in [-0.25, -0.2) is 0 Å². The lowest BCUT2D eigenvalue weighted by molar-refractivity contribution is -0.137. The Morgan fingerprint density at radius 3 is 2.42 bits per heavy atom. The standard InChI is InChI=1S/C17H13F3N2O2/c18-17(19,20)12-4-1-10(2-5-12)16(24)21-13-6-7-14-11(9-13)3-8-15(23)22-14/h1-2,4-7,9H,3,8H2,(H,21,24)(H,22,23). The second-order valence-electron chi connectivity index (χ2n) is 5.45. The van der Waals surface area contributed by atoms with Crippen LogP contribution in [0, 0.1) is 0 Å². The number of anilines is 2. The number of aryl methyl sites for hydroxylation is 1. The molecule has 0 unspecified atom stereocenters. The van der Waals surface area contributed by atoms with E-state index in [0.717, 1.165) is 29.8 Å². The maximum atomic E-state index is 12.5. The van der Waals surface area contributed by atoms with Crippen molar-refractivity contribution >= 4 is 23.2 Å². The van der Waals surface area contributed by atoms with Crippen LogP contribution in [0.3, 0.4) is 0 Å². The normalized spacial score (nSPS) is 13.9. The molecule has 2 aromatic carbocycles. The maximum absolute atomic E-state index is 12.5. The summed E-state index contributed by atoms with van der Waals surface area (Å²) < 4.78 is 37.6. The van der Waals surface area contributed by atoms with Crippen LogP contribution in [0.25, 0.3) is 0 Å². The molecule has 3 rings (SSSR count). The van der Waals surface area contributed by atoms with Crippen molar-refractivity contribution in [2.75, 3.05) is 10.6 Å². The highest BCUT2D eigenvalue weighted by atomic mass is 19.4. The van der Waals surface area contributed by atoms with Gasteiger partial charge in [-0.1, -0.05) is 0 Å². The number of amides is 2. The summed E-state index contributed by atoms with van der Waals surface area (Å²) in [7, 11) is 0. The number of hydrogen-bond donors (Lipinski definition) is 2. The van der Waals surface area contributed by atoms with Gasteiger partial charge in [-0.15, -0.1) is 0 Å². The number of nitrogens with one attached hydrogen (secondary N) is 2. The first kappa shape index (κ1) is 16.0. The van der Waals surface area contributed by atoms with Crippen LogP contribution < -0.4 is 10.6 Å². The quantitative estimate of drug-likeness (QED) is 0.877. The molecule has 0 atom stereocenters. The summed E-state index contributed by atoms with van der Waals surface area (Å²) in [6.07, 6.45) is -3.48. The fourth-order valence-corrected chi connectivity index (χ4v) is 2.48. The van der Waals surface area contributed by atoms with Gasteiger partial charge in [0.05, 0.1) is 5.56 Å². The van der Waals surface area contributed by atoms with Gasteiger partial charge in [0, 0.05) is 23.4 Å². The Bertz CT molecular complexity index is 798. The van der Waals surface area contributed by atoms with Crippen LogP contribution in [0.2, 0.25) is 0 Å². The summed E-state index contributed by atoms with van der Waals surface area (Å²) in [4.78, 5) is 23.4. The van der Waals surface area contributed by atoms with E-state index >= 15 is 0 Å². The van der Waals surface area contributed by atoms with Crippen molar-refractivity contribution in [2.24, 2.45) is 0 Å². The maximum Gasteiger partial charge on any atom is 0.416 e. The van der Waals surface area contributed by atoms with Gasteiger partial charge >= 0.3 is 6.18 Å². The summed E-state index contributed by atoms with van der Waals surface area (Å²) in [5.74, 6) is -0.549. The van der Waals surface area contributed by atoms with Gasteiger partial charge < -0.3 is 10.6 Å². The van der Waals surface area contributed by atoms with Crippen molar-refractivity contribution in [1.29, 1.82) is 0 Å². The van der Waals surface area contributed by atoms with Crippen LogP contribution in [0.5, 0.6) is 0 Å².